The third kappa shape index (κ3) is 3.14. The van der Waals surface area contributed by atoms with Crippen LogP contribution in [-0.4, -0.2) is 13.1 Å². The van der Waals surface area contributed by atoms with Crippen LogP contribution in [0.25, 0.3) is 11.1 Å². The van der Waals surface area contributed by atoms with Crippen LogP contribution in [0.1, 0.15) is 23.1 Å². The van der Waals surface area contributed by atoms with E-state index in [1.807, 2.05) is 18.2 Å². The fraction of sp³-hybridized carbons (Fsp3) is 0.217. The Labute approximate surface area is 165 Å². The van der Waals surface area contributed by atoms with E-state index in [1.165, 1.54) is 27.8 Å². The lowest BCUT2D eigenvalue weighted by molar-refractivity contribution is 0.392. The second-order valence-corrected chi connectivity index (χ2v) is 7.33. The van der Waals surface area contributed by atoms with Crippen molar-refractivity contribution in [2.75, 3.05) is 24.6 Å². The number of hydrogen-bond acceptors (Lipinski definition) is 5. The molecule has 5 heteroatoms. The highest BCUT2D eigenvalue weighted by atomic mass is 15.0. The molecule has 1 aliphatic carbocycles. The van der Waals surface area contributed by atoms with E-state index >= 15 is 0 Å². The van der Waals surface area contributed by atoms with Crippen molar-refractivity contribution in [1.82, 2.24) is 5.32 Å². The molecule has 4 rings (SSSR count). The molecule has 0 fully saturated rings. The normalized spacial score (nSPS) is 17.6. The third-order valence-electron chi connectivity index (χ3n) is 5.52. The molecule has 0 aliphatic heterocycles. The summed E-state index contributed by atoms with van der Waals surface area (Å²) >= 11 is 0. The summed E-state index contributed by atoms with van der Waals surface area (Å²) in [6.07, 6.45) is 1.59. The van der Waals surface area contributed by atoms with Crippen molar-refractivity contribution in [2.24, 2.45) is 5.11 Å². The number of anilines is 2. The van der Waals surface area contributed by atoms with Gasteiger partial charge >= 0.3 is 0 Å². The molecule has 0 aromatic heterocycles. The van der Waals surface area contributed by atoms with Gasteiger partial charge in [-0.1, -0.05) is 42.5 Å². The fourth-order valence-corrected chi connectivity index (χ4v) is 4.25. The van der Waals surface area contributed by atoms with Gasteiger partial charge in [-0.3, -0.25) is 0 Å². The molecule has 28 heavy (non-hydrogen) atoms. The summed E-state index contributed by atoms with van der Waals surface area (Å²) < 4.78 is 0. The van der Waals surface area contributed by atoms with Crippen molar-refractivity contribution in [3.63, 3.8) is 0 Å². The van der Waals surface area contributed by atoms with E-state index < -0.39 is 5.54 Å². The van der Waals surface area contributed by atoms with Crippen molar-refractivity contribution in [1.29, 1.82) is 5.53 Å². The minimum Gasteiger partial charge on any atom is -0.399 e. The Morgan fingerprint density at radius 3 is 2.39 bits per heavy atom. The van der Waals surface area contributed by atoms with E-state index in [2.05, 4.69) is 59.0 Å². The zero-order valence-corrected chi connectivity index (χ0v) is 15.8. The summed E-state index contributed by atoms with van der Waals surface area (Å²) in [4.78, 5) is 0. The Kier molecular flexibility index (Phi) is 4.84. The van der Waals surface area contributed by atoms with Crippen molar-refractivity contribution in [2.45, 2.75) is 18.4 Å². The van der Waals surface area contributed by atoms with Crippen LogP contribution in [0.15, 0.2) is 71.8 Å². The zero-order chi connectivity index (χ0) is 19.6. The molecular formula is C23H25N5. The topological polar surface area (TPSA) is 100 Å². The van der Waals surface area contributed by atoms with Crippen molar-refractivity contribution < 1.29 is 0 Å². The largest absolute Gasteiger partial charge is 0.399 e. The van der Waals surface area contributed by atoms with E-state index in [4.69, 9.17) is 17.0 Å². The van der Waals surface area contributed by atoms with Gasteiger partial charge in [0.05, 0.1) is 12.1 Å². The van der Waals surface area contributed by atoms with Gasteiger partial charge in [0, 0.05) is 11.4 Å². The molecule has 142 valence electrons. The minimum absolute atomic E-state index is 0.408. The van der Waals surface area contributed by atoms with Gasteiger partial charge in [-0.15, -0.1) is 0 Å². The molecular weight excluding hydrogens is 346 g/mol. The maximum absolute atomic E-state index is 7.07. The predicted octanol–water partition coefficient (Wildman–Crippen LogP) is 4.33. The molecule has 1 unspecified atom stereocenters. The Balaban J connectivity index is 1.92. The summed E-state index contributed by atoms with van der Waals surface area (Å²) in [5, 5.41) is 7.28. The highest BCUT2D eigenvalue weighted by molar-refractivity contribution is 5.79. The van der Waals surface area contributed by atoms with E-state index in [-0.39, 0.29) is 0 Å². The predicted molar refractivity (Wildman–Crippen MR) is 114 cm³/mol. The number of rotatable bonds is 6. The summed E-state index contributed by atoms with van der Waals surface area (Å²) in [6, 6.07) is 22.8. The van der Waals surface area contributed by atoms with E-state index in [9.17, 15) is 0 Å². The average molecular weight is 371 g/mol. The number of nitrogens with one attached hydrogen (secondary N) is 2. The molecule has 0 bridgehead atoms. The average Bonchev–Trinajstić information content (AvgIpc) is 2.71. The fourth-order valence-electron chi connectivity index (χ4n) is 4.25. The first-order chi connectivity index (χ1) is 13.6. The molecule has 1 aliphatic rings. The molecule has 0 saturated carbocycles. The summed E-state index contributed by atoms with van der Waals surface area (Å²) in [5.41, 5.74) is 26.5. The number of fused-ring (bicyclic) bond motifs is 3. The highest BCUT2D eigenvalue weighted by Crippen LogP contribution is 2.46. The number of benzene rings is 3. The van der Waals surface area contributed by atoms with Crippen LogP contribution in [-0.2, 0) is 12.0 Å². The van der Waals surface area contributed by atoms with Gasteiger partial charge in [-0.2, -0.15) is 5.11 Å². The van der Waals surface area contributed by atoms with Gasteiger partial charge in [0.2, 0.25) is 0 Å². The Hall–Kier alpha value is -3.18. The van der Waals surface area contributed by atoms with E-state index in [1.54, 1.807) is 0 Å². The molecule has 3 aromatic carbocycles. The molecule has 0 heterocycles. The molecule has 1 atom stereocenters. The van der Waals surface area contributed by atoms with Crippen molar-refractivity contribution >= 4 is 11.4 Å². The molecule has 3 aromatic rings. The van der Waals surface area contributed by atoms with Crippen LogP contribution in [0.5, 0.6) is 0 Å². The van der Waals surface area contributed by atoms with Gasteiger partial charge in [0.25, 0.3) is 0 Å². The Bertz CT molecular complexity index is 999. The van der Waals surface area contributed by atoms with Gasteiger partial charge in [-0.25, -0.2) is 5.53 Å². The van der Waals surface area contributed by atoms with Crippen LogP contribution in [0.2, 0.25) is 0 Å². The standard InChI is InChI=1S/C23H25N5/c24-18-7-9-20-16(13-18)15-23(27-11-4-12-28-26,17-5-2-1-3-6-17)22-14-19(25)8-10-21(20)22/h1-3,5-10,13-14,26-27H,4,11-12,15,24-25H2. The monoisotopic (exact) mass is 371 g/mol. The lowest BCUT2D eigenvalue weighted by Crippen LogP contribution is -2.48. The van der Waals surface area contributed by atoms with Gasteiger partial charge in [-0.05, 0) is 71.5 Å². The minimum atomic E-state index is -0.408. The zero-order valence-electron chi connectivity index (χ0n) is 15.8. The molecule has 0 radical (unpaired) electrons. The molecule has 0 spiro atoms. The van der Waals surface area contributed by atoms with Crippen molar-refractivity contribution in [3.05, 3.63) is 83.4 Å². The maximum Gasteiger partial charge on any atom is 0.0738 e. The van der Waals surface area contributed by atoms with E-state index in [0.717, 1.165) is 30.8 Å². The lowest BCUT2D eigenvalue weighted by Gasteiger charge is -2.42. The highest BCUT2D eigenvalue weighted by Gasteiger charge is 2.40. The number of nitrogens with two attached hydrogens (primary N) is 2. The van der Waals surface area contributed by atoms with Crippen LogP contribution >= 0.6 is 0 Å². The first kappa shape index (κ1) is 18.2. The molecule has 5 nitrogen and oxygen atoms in total. The van der Waals surface area contributed by atoms with E-state index in [0.29, 0.717) is 6.54 Å². The number of nitrogen functional groups attached to an aromatic ring is 2. The van der Waals surface area contributed by atoms with Crippen LogP contribution in [0.4, 0.5) is 11.4 Å². The van der Waals surface area contributed by atoms with Crippen LogP contribution < -0.4 is 16.8 Å². The second kappa shape index (κ2) is 7.44. The van der Waals surface area contributed by atoms with Gasteiger partial charge in [0.1, 0.15) is 0 Å². The van der Waals surface area contributed by atoms with Crippen LogP contribution in [0.3, 0.4) is 0 Å². The summed E-state index contributed by atoms with van der Waals surface area (Å²) in [6.45, 7) is 1.27. The van der Waals surface area contributed by atoms with Crippen LogP contribution in [0, 0.1) is 5.53 Å². The third-order valence-corrected chi connectivity index (χ3v) is 5.52. The maximum atomic E-state index is 7.07. The second-order valence-electron chi connectivity index (χ2n) is 7.33. The lowest BCUT2D eigenvalue weighted by atomic mass is 9.69. The number of hydrogen-bond donors (Lipinski definition) is 4. The molecule has 0 amide bonds. The summed E-state index contributed by atoms with van der Waals surface area (Å²) in [5.74, 6) is 0. The Morgan fingerprint density at radius 1 is 0.929 bits per heavy atom. The molecule has 0 saturated heterocycles. The molecule has 6 N–H and O–H groups in total. The Morgan fingerprint density at radius 2 is 1.64 bits per heavy atom. The van der Waals surface area contributed by atoms with Gasteiger partial charge in [0.15, 0.2) is 0 Å². The first-order valence-electron chi connectivity index (χ1n) is 9.56. The SMILES string of the molecule is N=NCCCNC1(c2ccccc2)Cc2cc(N)ccc2-c2ccc(N)cc21. The first-order valence-corrected chi connectivity index (χ1v) is 9.56. The van der Waals surface area contributed by atoms with Crippen molar-refractivity contribution in [3.8, 4) is 11.1 Å². The van der Waals surface area contributed by atoms with Gasteiger partial charge < -0.3 is 16.8 Å². The number of nitrogens with zero attached hydrogens (tertiary/aromatic N) is 1. The quantitative estimate of drug-likeness (QED) is 0.295. The summed E-state index contributed by atoms with van der Waals surface area (Å²) in [7, 11) is 0. The smallest absolute Gasteiger partial charge is 0.0738 e.